The molecule has 1 amide bonds. The average Bonchev–Trinajstić information content (AvgIpc) is 3.11. The topological polar surface area (TPSA) is 101 Å². The van der Waals surface area contributed by atoms with Crippen molar-refractivity contribution in [3.63, 3.8) is 0 Å². The van der Waals surface area contributed by atoms with E-state index in [-0.39, 0.29) is 17.3 Å². The van der Waals surface area contributed by atoms with E-state index < -0.39 is 4.92 Å². The minimum absolute atomic E-state index is 0.0411. The van der Waals surface area contributed by atoms with Crippen LogP contribution in [0.15, 0.2) is 35.2 Å². The number of amides is 1. The summed E-state index contributed by atoms with van der Waals surface area (Å²) in [4.78, 5) is 24.8. The van der Waals surface area contributed by atoms with Crippen LogP contribution in [0.1, 0.15) is 12.0 Å². The van der Waals surface area contributed by atoms with E-state index in [2.05, 4.69) is 22.1 Å². The highest BCUT2D eigenvalue weighted by Crippen LogP contribution is 2.32. The minimum Gasteiger partial charge on any atom is -0.357 e. The molecule has 0 saturated carbocycles. The molecule has 0 saturated heterocycles. The number of anilines is 2. The van der Waals surface area contributed by atoms with Gasteiger partial charge in [-0.2, -0.15) is 0 Å². The van der Waals surface area contributed by atoms with Crippen molar-refractivity contribution in [3.8, 4) is 0 Å². The molecular weight excluding hydrogens is 374 g/mol. The van der Waals surface area contributed by atoms with Crippen LogP contribution in [0.25, 0.3) is 0 Å². The van der Waals surface area contributed by atoms with E-state index in [1.165, 1.54) is 29.2 Å². The van der Waals surface area contributed by atoms with Gasteiger partial charge in [0.1, 0.15) is 0 Å². The number of hydrogen-bond acceptors (Lipinski definition) is 8. The molecule has 0 atom stereocenters. The van der Waals surface area contributed by atoms with Gasteiger partial charge in [-0.1, -0.05) is 29.2 Å². The summed E-state index contributed by atoms with van der Waals surface area (Å²) < 4.78 is 0.714. The van der Waals surface area contributed by atoms with E-state index >= 15 is 0 Å². The smallest absolute Gasteiger partial charge is 0.269 e. The van der Waals surface area contributed by atoms with Crippen molar-refractivity contribution in [2.24, 2.45) is 0 Å². The number of rotatable bonds is 7. The maximum Gasteiger partial charge on any atom is 0.269 e. The molecule has 0 unspecified atom stereocenters. The summed E-state index contributed by atoms with van der Waals surface area (Å²) in [7, 11) is 0. The van der Waals surface area contributed by atoms with Crippen LogP contribution >= 0.6 is 23.1 Å². The van der Waals surface area contributed by atoms with Crippen molar-refractivity contribution in [1.29, 1.82) is 0 Å². The number of nitro benzene ring substituents is 1. The number of thioether (sulfide) groups is 1. The zero-order valence-corrected chi connectivity index (χ0v) is 15.5. The van der Waals surface area contributed by atoms with Crippen LogP contribution in [0.5, 0.6) is 0 Å². The molecule has 8 nitrogen and oxygen atoms in total. The van der Waals surface area contributed by atoms with Crippen molar-refractivity contribution in [3.05, 3.63) is 46.5 Å². The Labute approximate surface area is 158 Å². The fourth-order valence-electron chi connectivity index (χ4n) is 2.66. The van der Waals surface area contributed by atoms with Gasteiger partial charge in [-0.05, 0) is 24.5 Å². The number of aryl methyl sites for hydroxylation is 1. The first-order valence-corrected chi connectivity index (χ1v) is 9.77. The van der Waals surface area contributed by atoms with Crippen LogP contribution in [-0.4, -0.2) is 39.9 Å². The van der Waals surface area contributed by atoms with Gasteiger partial charge in [0.25, 0.3) is 5.69 Å². The Hall–Kier alpha value is -2.46. The fraction of sp³-hybridized carbons (Fsp3) is 0.312. The molecule has 0 aliphatic carbocycles. The second-order valence-corrected chi connectivity index (χ2v) is 7.75. The standard InChI is InChI=1S/C16H17N5O3S2/c1-2-7-17-15-18-19-16(26-15)25-10-14(22)20-8-3-4-11-9-12(21(23)24)5-6-13(11)20/h2,5-6,9H,1,3-4,7-8,10H2,(H,17,18). The third kappa shape index (κ3) is 4.20. The molecule has 0 bridgehead atoms. The number of benzene rings is 1. The molecule has 1 aromatic carbocycles. The van der Waals surface area contributed by atoms with Gasteiger partial charge in [0, 0.05) is 30.9 Å². The molecule has 26 heavy (non-hydrogen) atoms. The summed E-state index contributed by atoms with van der Waals surface area (Å²) >= 11 is 2.73. The lowest BCUT2D eigenvalue weighted by molar-refractivity contribution is -0.384. The van der Waals surface area contributed by atoms with Gasteiger partial charge in [-0.15, -0.1) is 16.8 Å². The number of carbonyl (C=O) groups excluding carboxylic acids is 1. The van der Waals surface area contributed by atoms with E-state index in [9.17, 15) is 14.9 Å². The highest BCUT2D eigenvalue weighted by molar-refractivity contribution is 8.01. The highest BCUT2D eigenvalue weighted by Gasteiger charge is 2.24. The van der Waals surface area contributed by atoms with Gasteiger partial charge in [-0.25, -0.2) is 0 Å². The zero-order valence-electron chi connectivity index (χ0n) is 13.9. The summed E-state index contributed by atoms with van der Waals surface area (Å²) in [5.74, 6) is 0.201. The normalized spacial score (nSPS) is 13.2. The molecule has 1 N–H and O–H groups in total. The lowest BCUT2D eigenvalue weighted by Gasteiger charge is -2.29. The molecule has 136 valence electrons. The van der Waals surface area contributed by atoms with Crippen LogP contribution in [0.4, 0.5) is 16.5 Å². The number of nitrogens with zero attached hydrogens (tertiary/aromatic N) is 4. The third-order valence-electron chi connectivity index (χ3n) is 3.82. The lowest BCUT2D eigenvalue weighted by Crippen LogP contribution is -2.36. The summed E-state index contributed by atoms with van der Waals surface area (Å²) in [6.45, 7) is 4.85. The monoisotopic (exact) mass is 391 g/mol. The second-order valence-electron chi connectivity index (χ2n) is 5.55. The van der Waals surface area contributed by atoms with Crippen molar-refractivity contribution in [1.82, 2.24) is 10.2 Å². The van der Waals surface area contributed by atoms with E-state index in [0.29, 0.717) is 22.6 Å². The molecule has 2 heterocycles. The number of non-ortho nitro benzene ring substituents is 1. The number of nitrogens with one attached hydrogen (secondary N) is 1. The molecule has 1 aliphatic rings. The lowest BCUT2D eigenvalue weighted by atomic mass is 10.0. The number of fused-ring (bicyclic) bond motifs is 1. The summed E-state index contributed by atoms with van der Waals surface area (Å²) in [5, 5.41) is 22.7. The largest absolute Gasteiger partial charge is 0.357 e. The number of carbonyl (C=O) groups is 1. The molecule has 3 rings (SSSR count). The second kappa shape index (κ2) is 8.28. The zero-order chi connectivity index (χ0) is 18.5. The Kier molecular flexibility index (Phi) is 5.84. The first-order chi connectivity index (χ1) is 12.6. The van der Waals surface area contributed by atoms with Gasteiger partial charge in [0.2, 0.25) is 11.0 Å². The molecule has 1 aliphatic heterocycles. The number of nitro groups is 1. The van der Waals surface area contributed by atoms with Gasteiger partial charge >= 0.3 is 0 Å². The highest BCUT2D eigenvalue weighted by atomic mass is 32.2. The van der Waals surface area contributed by atoms with Crippen molar-refractivity contribution in [2.45, 2.75) is 17.2 Å². The third-order valence-corrected chi connectivity index (χ3v) is 5.82. The van der Waals surface area contributed by atoms with Crippen LogP contribution in [0, 0.1) is 10.1 Å². The minimum atomic E-state index is -0.412. The quantitative estimate of drug-likeness (QED) is 0.335. The van der Waals surface area contributed by atoms with Gasteiger partial charge < -0.3 is 10.2 Å². The van der Waals surface area contributed by atoms with Crippen LogP contribution < -0.4 is 10.2 Å². The Bertz CT molecular complexity index is 839. The van der Waals surface area contributed by atoms with Crippen LogP contribution in [0.3, 0.4) is 0 Å². The van der Waals surface area contributed by atoms with Crippen molar-refractivity contribution in [2.75, 3.05) is 29.1 Å². The van der Waals surface area contributed by atoms with Gasteiger partial charge in [0.15, 0.2) is 4.34 Å². The molecule has 1 aromatic heterocycles. The van der Waals surface area contributed by atoms with Crippen LogP contribution in [0.2, 0.25) is 0 Å². The number of hydrogen-bond donors (Lipinski definition) is 1. The van der Waals surface area contributed by atoms with E-state index in [1.807, 2.05) is 0 Å². The fourth-order valence-corrected chi connectivity index (χ4v) is 4.29. The molecule has 0 radical (unpaired) electrons. The van der Waals surface area contributed by atoms with E-state index in [1.54, 1.807) is 23.1 Å². The van der Waals surface area contributed by atoms with Crippen molar-refractivity contribution >= 4 is 45.5 Å². The Morgan fingerprint density at radius 2 is 2.35 bits per heavy atom. The Morgan fingerprint density at radius 1 is 1.50 bits per heavy atom. The summed E-state index contributed by atoms with van der Waals surface area (Å²) in [6, 6.07) is 4.67. The maximum atomic E-state index is 12.6. The van der Waals surface area contributed by atoms with Gasteiger partial charge in [0.05, 0.1) is 10.7 Å². The molecule has 10 heteroatoms. The predicted octanol–water partition coefficient (Wildman–Crippen LogP) is 3.12. The molecular formula is C16H17N5O3S2. The summed E-state index contributed by atoms with van der Waals surface area (Å²) in [6.07, 6.45) is 3.26. The Balaban J connectivity index is 1.65. The molecule has 2 aromatic rings. The summed E-state index contributed by atoms with van der Waals surface area (Å²) in [5.41, 5.74) is 1.66. The van der Waals surface area contributed by atoms with Crippen molar-refractivity contribution < 1.29 is 9.72 Å². The Morgan fingerprint density at radius 3 is 3.12 bits per heavy atom. The van der Waals surface area contributed by atoms with E-state index in [0.717, 1.165) is 24.1 Å². The predicted molar refractivity (Wildman–Crippen MR) is 103 cm³/mol. The van der Waals surface area contributed by atoms with Crippen LogP contribution in [-0.2, 0) is 11.2 Å². The molecule has 0 spiro atoms. The SMILES string of the molecule is C=CCNc1nnc(SCC(=O)N2CCCc3cc([N+](=O)[O-])ccc32)s1. The number of aromatic nitrogens is 2. The van der Waals surface area contributed by atoms with Gasteiger partial charge in [-0.3, -0.25) is 14.9 Å². The first kappa shape index (κ1) is 18.3. The average molecular weight is 391 g/mol. The first-order valence-electron chi connectivity index (χ1n) is 7.97. The maximum absolute atomic E-state index is 12.6. The van der Waals surface area contributed by atoms with E-state index in [4.69, 9.17) is 0 Å². The molecule has 0 fully saturated rings.